The second-order valence-corrected chi connectivity index (χ2v) is 7.79. The van der Waals surface area contributed by atoms with Gasteiger partial charge in [-0.2, -0.15) is 0 Å². The summed E-state index contributed by atoms with van der Waals surface area (Å²) in [5.41, 5.74) is 1.50. The van der Waals surface area contributed by atoms with Crippen LogP contribution in [-0.4, -0.2) is 28.9 Å². The van der Waals surface area contributed by atoms with Crippen LogP contribution in [0.1, 0.15) is 23.9 Å². The Hall–Kier alpha value is -2.02. The van der Waals surface area contributed by atoms with Gasteiger partial charge in [0.25, 0.3) is 0 Å². The van der Waals surface area contributed by atoms with Gasteiger partial charge < -0.3 is 5.32 Å². The molecule has 1 N–H and O–H groups in total. The third-order valence-corrected chi connectivity index (χ3v) is 5.94. The molecular weight excluding hydrogens is 373 g/mol. The summed E-state index contributed by atoms with van der Waals surface area (Å²) in [6.45, 7) is 1.13. The summed E-state index contributed by atoms with van der Waals surface area (Å²) in [4.78, 5) is 19.3. The number of nitrogens with zero attached hydrogens (tertiary/aromatic N) is 2. The van der Waals surface area contributed by atoms with E-state index in [0.717, 1.165) is 29.9 Å². The molecule has 2 aromatic carbocycles. The van der Waals surface area contributed by atoms with Crippen LogP contribution in [0.15, 0.2) is 42.5 Å². The Kier molecular flexibility index (Phi) is 4.89. The van der Waals surface area contributed by atoms with E-state index < -0.39 is 5.82 Å². The molecule has 0 radical (unpaired) electrons. The van der Waals surface area contributed by atoms with E-state index in [9.17, 15) is 9.18 Å². The summed E-state index contributed by atoms with van der Waals surface area (Å²) in [5, 5.41) is 3.84. The van der Waals surface area contributed by atoms with Crippen molar-refractivity contribution in [1.29, 1.82) is 0 Å². The highest BCUT2D eigenvalue weighted by molar-refractivity contribution is 7.18. The molecular formula is C19H17ClFN3OS. The number of carbonyl (C=O) groups is 1. The van der Waals surface area contributed by atoms with Crippen molar-refractivity contribution in [3.63, 3.8) is 0 Å². The number of halogens is 2. The Bertz CT molecular complexity index is 928. The van der Waals surface area contributed by atoms with E-state index in [0.29, 0.717) is 5.69 Å². The first-order chi connectivity index (χ1) is 12.6. The number of likely N-dealkylation sites (tertiary alicyclic amines) is 1. The number of benzene rings is 2. The van der Waals surface area contributed by atoms with Gasteiger partial charge >= 0.3 is 0 Å². The van der Waals surface area contributed by atoms with Gasteiger partial charge in [-0.1, -0.05) is 23.7 Å². The molecule has 3 aromatic rings. The van der Waals surface area contributed by atoms with E-state index in [2.05, 4.69) is 16.3 Å². The number of rotatable bonds is 4. The van der Waals surface area contributed by atoms with Crippen LogP contribution in [-0.2, 0) is 4.79 Å². The van der Waals surface area contributed by atoms with Gasteiger partial charge in [0.1, 0.15) is 10.8 Å². The lowest BCUT2D eigenvalue weighted by Crippen LogP contribution is -2.32. The molecule has 0 unspecified atom stereocenters. The highest BCUT2D eigenvalue weighted by Gasteiger charge is 2.30. The van der Waals surface area contributed by atoms with Gasteiger partial charge in [-0.15, -0.1) is 11.3 Å². The molecule has 4 rings (SSSR count). The SMILES string of the molecule is O=C(CN1CCC[C@@H]1c1nc2ccccc2s1)Nc1ccc(F)c(Cl)c1. The summed E-state index contributed by atoms with van der Waals surface area (Å²) in [5.74, 6) is -0.638. The molecule has 0 spiro atoms. The number of aromatic nitrogens is 1. The van der Waals surface area contributed by atoms with Crippen LogP contribution in [0.3, 0.4) is 0 Å². The Morgan fingerprint density at radius 3 is 3.00 bits per heavy atom. The smallest absolute Gasteiger partial charge is 0.238 e. The molecule has 0 aliphatic carbocycles. The molecule has 0 bridgehead atoms. The molecule has 1 saturated heterocycles. The number of nitrogens with one attached hydrogen (secondary N) is 1. The Labute approximate surface area is 159 Å². The van der Waals surface area contributed by atoms with Crippen LogP contribution < -0.4 is 5.32 Å². The van der Waals surface area contributed by atoms with Gasteiger partial charge in [0, 0.05) is 5.69 Å². The number of fused-ring (bicyclic) bond motifs is 1. The van der Waals surface area contributed by atoms with Gasteiger partial charge in [-0.3, -0.25) is 9.69 Å². The van der Waals surface area contributed by atoms with Crippen LogP contribution >= 0.6 is 22.9 Å². The van der Waals surface area contributed by atoms with Crippen LogP contribution in [0, 0.1) is 5.82 Å². The average Bonchev–Trinajstić information content (AvgIpc) is 3.24. The van der Waals surface area contributed by atoms with Crippen molar-refractivity contribution in [1.82, 2.24) is 9.88 Å². The molecule has 7 heteroatoms. The normalized spacial score (nSPS) is 17.7. The average molecular weight is 390 g/mol. The number of amides is 1. The summed E-state index contributed by atoms with van der Waals surface area (Å²) < 4.78 is 14.4. The third-order valence-electron chi connectivity index (χ3n) is 4.51. The number of para-hydroxylation sites is 1. The van der Waals surface area contributed by atoms with Crippen molar-refractivity contribution in [3.05, 3.63) is 58.3 Å². The van der Waals surface area contributed by atoms with E-state index in [1.165, 1.54) is 22.9 Å². The minimum absolute atomic E-state index is 0.00340. The van der Waals surface area contributed by atoms with Gasteiger partial charge in [-0.05, 0) is 49.7 Å². The van der Waals surface area contributed by atoms with Crippen molar-refractivity contribution in [2.45, 2.75) is 18.9 Å². The molecule has 1 atom stereocenters. The minimum atomic E-state index is -0.500. The molecule has 1 aliphatic rings. The lowest BCUT2D eigenvalue weighted by Gasteiger charge is -2.22. The fourth-order valence-electron chi connectivity index (χ4n) is 3.29. The van der Waals surface area contributed by atoms with Crippen molar-refractivity contribution in [2.75, 3.05) is 18.4 Å². The van der Waals surface area contributed by atoms with Crippen LogP contribution in [0.5, 0.6) is 0 Å². The second-order valence-electron chi connectivity index (χ2n) is 6.33. The summed E-state index contributed by atoms with van der Waals surface area (Å²) in [6, 6.07) is 12.4. The van der Waals surface area contributed by atoms with E-state index in [4.69, 9.17) is 16.6 Å². The van der Waals surface area contributed by atoms with E-state index in [1.807, 2.05) is 18.2 Å². The monoisotopic (exact) mass is 389 g/mol. The predicted octanol–water partition coefficient (Wildman–Crippen LogP) is 4.86. The minimum Gasteiger partial charge on any atom is -0.325 e. The van der Waals surface area contributed by atoms with E-state index >= 15 is 0 Å². The van der Waals surface area contributed by atoms with Gasteiger partial charge in [0.05, 0.1) is 27.8 Å². The molecule has 1 amide bonds. The van der Waals surface area contributed by atoms with Crippen LogP contribution in [0.4, 0.5) is 10.1 Å². The highest BCUT2D eigenvalue weighted by atomic mass is 35.5. The largest absolute Gasteiger partial charge is 0.325 e. The number of thiazole rings is 1. The first-order valence-electron chi connectivity index (χ1n) is 8.44. The van der Waals surface area contributed by atoms with Crippen molar-refractivity contribution < 1.29 is 9.18 Å². The fraction of sp³-hybridized carbons (Fsp3) is 0.263. The topological polar surface area (TPSA) is 45.2 Å². The van der Waals surface area contributed by atoms with Crippen LogP contribution in [0.25, 0.3) is 10.2 Å². The second kappa shape index (κ2) is 7.31. The maximum Gasteiger partial charge on any atom is 0.238 e. The predicted molar refractivity (Wildman–Crippen MR) is 103 cm³/mol. The van der Waals surface area contributed by atoms with E-state index in [-0.39, 0.29) is 23.5 Å². The maximum absolute atomic E-state index is 13.2. The lowest BCUT2D eigenvalue weighted by molar-refractivity contribution is -0.117. The van der Waals surface area contributed by atoms with E-state index in [1.54, 1.807) is 11.3 Å². The lowest BCUT2D eigenvalue weighted by atomic mass is 10.2. The molecule has 1 aromatic heterocycles. The number of carbonyl (C=O) groups excluding carboxylic acids is 1. The Balaban J connectivity index is 1.46. The van der Waals surface area contributed by atoms with Crippen molar-refractivity contribution >= 4 is 44.7 Å². The summed E-state index contributed by atoms with van der Waals surface area (Å²) >= 11 is 7.46. The van der Waals surface area contributed by atoms with Gasteiger partial charge in [-0.25, -0.2) is 9.37 Å². The molecule has 26 heavy (non-hydrogen) atoms. The summed E-state index contributed by atoms with van der Waals surface area (Å²) in [7, 11) is 0. The number of hydrogen-bond donors (Lipinski definition) is 1. The maximum atomic E-state index is 13.2. The third kappa shape index (κ3) is 3.58. The van der Waals surface area contributed by atoms with Crippen molar-refractivity contribution in [2.24, 2.45) is 0 Å². The van der Waals surface area contributed by atoms with Gasteiger partial charge in [0.2, 0.25) is 5.91 Å². The Morgan fingerprint density at radius 2 is 2.19 bits per heavy atom. The highest BCUT2D eigenvalue weighted by Crippen LogP contribution is 2.36. The molecule has 4 nitrogen and oxygen atoms in total. The molecule has 0 saturated carbocycles. The van der Waals surface area contributed by atoms with Gasteiger partial charge in [0.15, 0.2) is 0 Å². The number of anilines is 1. The first kappa shape index (κ1) is 17.4. The van der Waals surface area contributed by atoms with Crippen LogP contribution in [0.2, 0.25) is 5.02 Å². The zero-order chi connectivity index (χ0) is 18.1. The number of hydrogen-bond acceptors (Lipinski definition) is 4. The zero-order valence-electron chi connectivity index (χ0n) is 13.9. The molecule has 134 valence electrons. The standard InChI is InChI=1S/C19H17ClFN3OS/c20-13-10-12(7-8-14(13)21)22-18(25)11-24-9-3-5-16(24)19-23-15-4-1-2-6-17(15)26-19/h1-2,4,6-8,10,16H,3,5,9,11H2,(H,22,25)/t16-/m1/s1. The molecule has 1 aliphatic heterocycles. The summed E-state index contributed by atoms with van der Waals surface area (Å²) in [6.07, 6.45) is 2.03. The first-order valence-corrected chi connectivity index (χ1v) is 9.64. The zero-order valence-corrected chi connectivity index (χ0v) is 15.5. The quantitative estimate of drug-likeness (QED) is 0.692. The molecule has 1 fully saturated rings. The fourth-order valence-corrected chi connectivity index (χ4v) is 4.60. The van der Waals surface area contributed by atoms with Crippen molar-refractivity contribution in [3.8, 4) is 0 Å². The molecule has 2 heterocycles. The Morgan fingerprint density at radius 1 is 1.35 bits per heavy atom.